The summed E-state index contributed by atoms with van der Waals surface area (Å²) in [6.07, 6.45) is 2.84. The highest BCUT2D eigenvalue weighted by atomic mass is 127. The molecule has 2 aromatic carbocycles. The largest absolute Gasteiger partial charge is 0.357 e. The maximum Gasteiger partial charge on any atom is 0.191 e. The van der Waals surface area contributed by atoms with Gasteiger partial charge in [0.1, 0.15) is 0 Å². The average Bonchev–Trinajstić information content (AvgIpc) is 2.63. The van der Waals surface area contributed by atoms with E-state index in [4.69, 9.17) is 11.6 Å². The van der Waals surface area contributed by atoms with Crippen LogP contribution in [0.25, 0.3) is 0 Å². The zero-order chi connectivity index (χ0) is 19.7. The molecule has 0 unspecified atom stereocenters. The summed E-state index contributed by atoms with van der Waals surface area (Å²) in [6, 6.07) is 14.8. The van der Waals surface area contributed by atoms with Gasteiger partial charge in [-0.25, -0.2) is 8.42 Å². The van der Waals surface area contributed by atoms with Gasteiger partial charge in [-0.15, -0.1) is 24.0 Å². The summed E-state index contributed by atoms with van der Waals surface area (Å²) < 4.78 is 23.0. The molecule has 2 N–H and O–H groups in total. The van der Waals surface area contributed by atoms with E-state index in [0.717, 1.165) is 42.5 Å². The summed E-state index contributed by atoms with van der Waals surface area (Å²) in [4.78, 5) is 4.92. The fraction of sp³-hybridized carbons (Fsp3) is 0.350. The van der Waals surface area contributed by atoms with Gasteiger partial charge < -0.3 is 10.6 Å². The van der Waals surface area contributed by atoms with Crippen LogP contribution in [0.2, 0.25) is 5.02 Å². The normalized spacial score (nSPS) is 11.6. The van der Waals surface area contributed by atoms with Crippen LogP contribution in [0.15, 0.2) is 58.4 Å². The summed E-state index contributed by atoms with van der Waals surface area (Å²) in [5, 5.41) is 7.30. The first-order valence-corrected chi connectivity index (χ1v) is 11.2. The minimum Gasteiger partial charge on any atom is -0.357 e. The van der Waals surface area contributed by atoms with Crippen molar-refractivity contribution in [2.24, 2.45) is 4.99 Å². The van der Waals surface area contributed by atoms with Crippen molar-refractivity contribution in [3.63, 3.8) is 0 Å². The van der Waals surface area contributed by atoms with Gasteiger partial charge in [0.05, 0.1) is 4.90 Å². The summed E-state index contributed by atoms with van der Waals surface area (Å²) in [6.45, 7) is 4.21. The number of hydrogen-bond donors (Lipinski definition) is 2. The smallest absolute Gasteiger partial charge is 0.191 e. The van der Waals surface area contributed by atoms with Gasteiger partial charge in [-0.05, 0) is 55.2 Å². The zero-order valence-electron chi connectivity index (χ0n) is 16.1. The number of nitrogens with one attached hydrogen (secondary N) is 2. The molecule has 154 valence electrons. The fourth-order valence-electron chi connectivity index (χ4n) is 2.52. The highest BCUT2D eigenvalue weighted by molar-refractivity contribution is 14.0. The second-order valence-corrected chi connectivity index (χ2v) is 8.68. The van der Waals surface area contributed by atoms with E-state index in [1.165, 1.54) is 11.8 Å². The van der Waals surface area contributed by atoms with Gasteiger partial charge >= 0.3 is 0 Å². The molecule has 0 saturated carbocycles. The van der Waals surface area contributed by atoms with Crippen LogP contribution in [0.4, 0.5) is 0 Å². The molecule has 5 nitrogen and oxygen atoms in total. The molecule has 0 heterocycles. The Morgan fingerprint density at radius 2 is 1.54 bits per heavy atom. The van der Waals surface area contributed by atoms with E-state index in [9.17, 15) is 8.42 Å². The predicted molar refractivity (Wildman–Crippen MR) is 128 cm³/mol. The molecule has 8 heteroatoms. The first kappa shape index (κ1) is 24.7. The van der Waals surface area contributed by atoms with Gasteiger partial charge in [-0.3, -0.25) is 4.99 Å². The molecule has 2 aromatic rings. The number of hydrogen-bond acceptors (Lipinski definition) is 3. The molecule has 0 atom stereocenters. The van der Waals surface area contributed by atoms with Gasteiger partial charge in [0.25, 0.3) is 0 Å². The molecule has 0 amide bonds. The Bertz CT molecular complexity index is 854. The van der Waals surface area contributed by atoms with Gasteiger partial charge in [-0.2, -0.15) is 0 Å². The van der Waals surface area contributed by atoms with Crippen molar-refractivity contribution in [3.05, 3.63) is 64.7 Å². The summed E-state index contributed by atoms with van der Waals surface area (Å²) >= 11 is 5.90. The van der Waals surface area contributed by atoms with E-state index in [1.54, 1.807) is 12.1 Å². The lowest BCUT2D eigenvalue weighted by Crippen LogP contribution is -2.38. The van der Waals surface area contributed by atoms with Gasteiger partial charge in [0.2, 0.25) is 0 Å². The van der Waals surface area contributed by atoms with Crippen LogP contribution >= 0.6 is 35.6 Å². The molecular formula is C20H27ClIN3O2S. The van der Waals surface area contributed by atoms with Crippen LogP contribution in [-0.4, -0.2) is 40.3 Å². The SMILES string of the molecule is CCNC(=NCCc1ccc(S(C)(=O)=O)cc1)NCCc1ccc(Cl)cc1.I. The van der Waals surface area contributed by atoms with Crippen LogP contribution in [0.1, 0.15) is 18.1 Å². The lowest BCUT2D eigenvalue weighted by atomic mass is 10.1. The highest BCUT2D eigenvalue weighted by Crippen LogP contribution is 2.11. The van der Waals surface area contributed by atoms with Crippen LogP contribution in [0.3, 0.4) is 0 Å². The molecule has 28 heavy (non-hydrogen) atoms. The highest BCUT2D eigenvalue weighted by Gasteiger charge is 2.06. The number of benzene rings is 2. The van der Waals surface area contributed by atoms with Gasteiger partial charge in [0.15, 0.2) is 15.8 Å². The summed E-state index contributed by atoms with van der Waals surface area (Å²) in [7, 11) is -3.15. The summed E-state index contributed by atoms with van der Waals surface area (Å²) in [5.41, 5.74) is 2.27. The van der Waals surface area contributed by atoms with Crippen molar-refractivity contribution in [2.75, 3.05) is 25.9 Å². The number of sulfone groups is 1. The van der Waals surface area contributed by atoms with Gasteiger partial charge in [0, 0.05) is 30.9 Å². The molecule has 0 radical (unpaired) electrons. The molecule has 2 rings (SSSR count). The summed E-state index contributed by atoms with van der Waals surface area (Å²) in [5.74, 6) is 0.777. The standard InChI is InChI=1S/C20H26ClN3O2S.HI/c1-3-22-20(23-14-12-16-4-8-18(21)9-5-16)24-15-13-17-6-10-19(11-7-17)27(2,25)26;/h4-11H,3,12-15H2,1-2H3,(H2,22,23,24);1H. The zero-order valence-corrected chi connectivity index (χ0v) is 20.0. The molecule has 0 spiro atoms. The lowest BCUT2D eigenvalue weighted by molar-refractivity contribution is 0.602. The molecule has 0 aromatic heterocycles. The first-order valence-electron chi connectivity index (χ1n) is 8.94. The fourth-order valence-corrected chi connectivity index (χ4v) is 3.27. The maximum absolute atomic E-state index is 11.5. The monoisotopic (exact) mass is 535 g/mol. The Labute approximate surface area is 189 Å². The first-order chi connectivity index (χ1) is 12.9. The van der Waals surface area contributed by atoms with Crippen molar-refractivity contribution in [2.45, 2.75) is 24.7 Å². The van der Waals surface area contributed by atoms with E-state index >= 15 is 0 Å². The van der Waals surface area contributed by atoms with Crippen molar-refractivity contribution in [3.8, 4) is 0 Å². The predicted octanol–water partition coefficient (Wildman–Crippen LogP) is 3.70. The van der Waals surface area contributed by atoms with E-state index in [-0.39, 0.29) is 24.0 Å². The van der Waals surface area contributed by atoms with E-state index in [2.05, 4.69) is 15.6 Å². The van der Waals surface area contributed by atoms with Crippen molar-refractivity contribution >= 4 is 51.4 Å². The number of aliphatic imine (C=N–C) groups is 1. The molecule has 0 bridgehead atoms. The van der Waals surface area contributed by atoms with Crippen LogP contribution in [-0.2, 0) is 22.7 Å². The van der Waals surface area contributed by atoms with Crippen LogP contribution < -0.4 is 10.6 Å². The van der Waals surface area contributed by atoms with Crippen molar-refractivity contribution in [1.29, 1.82) is 0 Å². The third-order valence-electron chi connectivity index (χ3n) is 3.99. The minimum absolute atomic E-state index is 0. The minimum atomic E-state index is -3.15. The number of halogens is 2. The molecule has 0 aliphatic heterocycles. The molecule has 0 aliphatic rings. The average molecular weight is 536 g/mol. The quantitative estimate of drug-likeness (QED) is 0.307. The maximum atomic E-state index is 11.5. The van der Waals surface area contributed by atoms with Crippen molar-refractivity contribution < 1.29 is 8.42 Å². The topological polar surface area (TPSA) is 70.6 Å². The Hall–Kier alpha value is -1.32. The molecule has 0 aliphatic carbocycles. The number of nitrogens with zero attached hydrogens (tertiary/aromatic N) is 1. The Morgan fingerprint density at radius 1 is 0.964 bits per heavy atom. The van der Waals surface area contributed by atoms with Crippen LogP contribution in [0.5, 0.6) is 0 Å². The van der Waals surface area contributed by atoms with Crippen LogP contribution in [0, 0.1) is 0 Å². The van der Waals surface area contributed by atoms with E-state index < -0.39 is 9.84 Å². The van der Waals surface area contributed by atoms with E-state index in [1.807, 2.05) is 43.3 Å². The lowest BCUT2D eigenvalue weighted by Gasteiger charge is -2.11. The molecular weight excluding hydrogens is 509 g/mol. The molecule has 0 saturated heterocycles. The Kier molecular flexibility index (Phi) is 10.8. The second kappa shape index (κ2) is 12.3. The third kappa shape index (κ3) is 8.79. The van der Waals surface area contributed by atoms with Gasteiger partial charge in [-0.1, -0.05) is 35.9 Å². The number of guanidine groups is 1. The Balaban J connectivity index is 0.00000392. The second-order valence-electron chi connectivity index (χ2n) is 6.23. The number of rotatable bonds is 8. The van der Waals surface area contributed by atoms with Crippen molar-refractivity contribution in [1.82, 2.24) is 10.6 Å². The molecule has 0 fully saturated rings. The Morgan fingerprint density at radius 3 is 2.11 bits per heavy atom. The third-order valence-corrected chi connectivity index (χ3v) is 5.37. The van der Waals surface area contributed by atoms with E-state index in [0.29, 0.717) is 11.4 Å².